The molecule has 2 amide bonds. The number of rotatable bonds is 5. The molecule has 9 heteroatoms. The Bertz CT molecular complexity index is 1350. The topological polar surface area (TPSA) is 90.8 Å². The summed E-state index contributed by atoms with van der Waals surface area (Å²) in [6.45, 7) is 1.53. The monoisotopic (exact) mass is 493 g/mol. The first-order valence-corrected chi connectivity index (χ1v) is 12.6. The number of aromatic amines is 1. The Hall–Kier alpha value is -3.49. The lowest BCUT2D eigenvalue weighted by molar-refractivity contribution is 0.0139. The minimum Gasteiger partial charge on any atom is -0.343 e. The van der Waals surface area contributed by atoms with Crippen LogP contribution in [0.25, 0.3) is 16.9 Å². The number of carbonyl (C=O) groups excluding carboxylic acids is 2. The molecule has 0 unspecified atom stereocenters. The van der Waals surface area contributed by atoms with Crippen molar-refractivity contribution in [2.75, 3.05) is 27.3 Å². The summed E-state index contributed by atoms with van der Waals surface area (Å²) in [4.78, 5) is 45.6. The summed E-state index contributed by atoms with van der Waals surface area (Å²) in [5, 5.41) is 4.23. The Morgan fingerprint density at radius 2 is 1.83 bits per heavy atom. The van der Waals surface area contributed by atoms with Gasteiger partial charge in [0.1, 0.15) is 5.56 Å². The fourth-order valence-electron chi connectivity index (χ4n) is 5.41. The first kappa shape index (κ1) is 24.2. The van der Waals surface area contributed by atoms with Crippen molar-refractivity contribution in [2.45, 2.75) is 51.0 Å². The second kappa shape index (κ2) is 9.52. The summed E-state index contributed by atoms with van der Waals surface area (Å²) in [6, 6.07) is 9.31. The zero-order valence-corrected chi connectivity index (χ0v) is 21.0. The third-order valence-electron chi connectivity index (χ3n) is 7.80. The Balaban J connectivity index is 1.58. The second-order valence-electron chi connectivity index (χ2n) is 10.3. The number of fused-ring (bicyclic) bond motifs is 1. The van der Waals surface area contributed by atoms with Crippen LogP contribution in [0.2, 0.25) is 0 Å². The van der Waals surface area contributed by atoms with Gasteiger partial charge in [-0.15, -0.1) is 0 Å². The van der Waals surface area contributed by atoms with Gasteiger partial charge in [-0.25, -0.2) is 0 Å². The van der Waals surface area contributed by atoms with Crippen LogP contribution in [0.1, 0.15) is 71.4 Å². The van der Waals surface area contributed by atoms with Crippen LogP contribution in [-0.4, -0.2) is 69.6 Å². The van der Waals surface area contributed by atoms with Crippen molar-refractivity contribution in [1.29, 1.82) is 0 Å². The highest BCUT2D eigenvalue weighted by atomic mass is 19.1. The number of nitrogens with one attached hydrogen (secondary N) is 1. The predicted molar refractivity (Wildman–Crippen MR) is 135 cm³/mol. The zero-order chi connectivity index (χ0) is 25.6. The molecule has 1 aromatic carbocycles. The van der Waals surface area contributed by atoms with Crippen molar-refractivity contribution in [1.82, 2.24) is 24.4 Å². The van der Waals surface area contributed by atoms with Crippen molar-refractivity contribution in [3.63, 3.8) is 0 Å². The summed E-state index contributed by atoms with van der Waals surface area (Å²) in [6.07, 6.45) is 6.20. The maximum Gasteiger partial charge on any atom is 0.274 e. The number of carbonyl (C=O) groups is 2. The van der Waals surface area contributed by atoms with Gasteiger partial charge >= 0.3 is 0 Å². The molecule has 1 N–H and O–H groups in total. The summed E-state index contributed by atoms with van der Waals surface area (Å²) in [5.74, 6) is -0.586. The van der Waals surface area contributed by atoms with Gasteiger partial charge in [0.15, 0.2) is 11.3 Å². The van der Waals surface area contributed by atoms with Crippen LogP contribution < -0.4 is 5.56 Å². The highest BCUT2D eigenvalue weighted by Gasteiger charge is 2.41. The van der Waals surface area contributed by atoms with E-state index in [-0.39, 0.29) is 35.4 Å². The molecular weight excluding hydrogens is 461 g/mol. The standard InChI is InChI=1S/C27H32FN5O3/c1-16-20(14-28)15-32(16)26(35)23-24(27(36)31(2)3)30-33-22(34)13-21(29-25(23)33)19-11-9-18(10-12-19)17-7-5-4-6-8-17/h9-13,16-17,20,29H,4-8,14-15H2,1-3H3/t16-,20-/m0/s1. The van der Waals surface area contributed by atoms with Crippen molar-refractivity contribution in [3.05, 3.63) is 57.5 Å². The van der Waals surface area contributed by atoms with Gasteiger partial charge in [0.05, 0.1) is 12.4 Å². The zero-order valence-electron chi connectivity index (χ0n) is 21.0. The number of hydrogen-bond acceptors (Lipinski definition) is 4. The van der Waals surface area contributed by atoms with Crippen molar-refractivity contribution >= 4 is 17.5 Å². The number of halogens is 1. The smallest absolute Gasteiger partial charge is 0.274 e. The third-order valence-corrected chi connectivity index (χ3v) is 7.80. The van der Waals surface area contributed by atoms with E-state index in [1.165, 1.54) is 53.5 Å². The third kappa shape index (κ3) is 4.10. The molecule has 8 nitrogen and oxygen atoms in total. The van der Waals surface area contributed by atoms with Gasteiger partial charge in [-0.2, -0.15) is 9.61 Å². The molecule has 5 rings (SSSR count). The number of amides is 2. The molecule has 190 valence electrons. The van der Waals surface area contributed by atoms with E-state index >= 15 is 0 Å². The van der Waals surface area contributed by atoms with E-state index in [1.807, 2.05) is 12.1 Å². The van der Waals surface area contributed by atoms with Gasteiger partial charge in [0, 0.05) is 38.7 Å². The van der Waals surface area contributed by atoms with Gasteiger partial charge in [0.25, 0.3) is 17.4 Å². The van der Waals surface area contributed by atoms with Crippen molar-refractivity contribution in [3.8, 4) is 11.3 Å². The SMILES string of the molecule is C[C@H]1[C@@H](CF)CN1C(=O)c1c(C(=O)N(C)C)nn2c(=O)cc(-c3ccc(C4CCCCC4)cc3)[nH]c12. The van der Waals surface area contributed by atoms with Gasteiger partial charge in [-0.3, -0.25) is 18.8 Å². The van der Waals surface area contributed by atoms with Gasteiger partial charge < -0.3 is 14.8 Å². The Labute approximate surface area is 209 Å². The molecule has 3 aromatic rings. The molecular formula is C27H32FN5O3. The van der Waals surface area contributed by atoms with Crippen LogP contribution >= 0.6 is 0 Å². The average Bonchev–Trinajstić information content (AvgIpc) is 3.28. The number of nitrogens with zero attached hydrogens (tertiary/aromatic N) is 4. The van der Waals surface area contributed by atoms with E-state index in [1.54, 1.807) is 21.0 Å². The lowest BCUT2D eigenvalue weighted by Gasteiger charge is -2.45. The molecule has 0 radical (unpaired) electrons. The summed E-state index contributed by atoms with van der Waals surface area (Å²) < 4.78 is 14.3. The fourth-order valence-corrected chi connectivity index (χ4v) is 5.41. The number of aromatic nitrogens is 3. The molecule has 3 heterocycles. The largest absolute Gasteiger partial charge is 0.343 e. The summed E-state index contributed by atoms with van der Waals surface area (Å²) >= 11 is 0. The van der Waals surface area contributed by atoms with Crippen LogP contribution in [0.5, 0.6) is 0 Å². The molecule has 1 aliphatic carbocycles. The lowest BCUT2D eigenvalue weighted by atomic mass is 9.84. The first-order valence-electron chi connectivity index (χ1n) is 12.6. The van der Waals surface area contributed by atoms with Gasteiger partial charge in [0.2, 0.25) is 0 Å². The maximum absolute atomic E-state index is 13.6. The summed E-state index contributed by atoms with van der Waals surface area (Å²) in [7, 11) is 3.13. The summed E-state index contributed by atoms with van der Waals surface area (Å²) in [5.41, 5.74) is 2.31. The highest BCUT2D eigenvalue weighted by Crippen LogP contribution is 2.34. The maximum atomic E-state index is 13.6. The van der Waals surface area contributed by atoms with Crippen molar-refractivity contribution in [2.24, 2.45) is 5.92 Å². The molecule has 1 saturated carbocycles. The lowest BCUT2D eigenvalue weighted by Crippen LogP contribution is -2.58. The van der Waals surface area contributed by atoms with Gasteiger partial charge in [-0.1, -0.05) is 43.5 Å². The van der Waals surface area contributed by atoms with Crippen LogP contribution in [0.15, 0.2) is 35.1 Å². The quantitative estimate of drug-likeness (QED) is 0.584. The highest BCUT2D eigenvalue weighted by molar-refractivity contribution is 6.10. The number of H-pyrrole nitrogens is 1. The number of benzene rings is 1. The van der Waals surface area contributed by atoms with E-state index in [0.717, 1.165) is 10.1 Å². The van der Waals surface area contributed by atoms with Crippen LogP contribution in [0, 0.1) is 5.92 Å². The van der Waals surface area contributed by atoms with E-state index < -0.39 is 24.0 Å². The molecule has 2 fully saturated rings. The second-order valence-corrected chi connectivity index (χ2v) is 10.3. The molecule has 2 aliphatic rings. The fraction of sp³-hybridized carbons (Fsp3) is 0.481. The average molecular weight is 494 g/mol. The number of likely N-dealkylation sites (tertiary alicyclic amines) is 1. The molecule has 1 saturated heterocycles. The van der Waals surface area contributed by atoms with E-state index in [2.05, 4.69) is 22.2 Å². The molecule has 2 aromatic heterocycles. The van der Waals surface area contributed by atoms with Crippen molar-refractivity contribution < 1.29 is 14.0 Å². The van der Waals surface area contributed by atoms with E-state index in [0.29, 0.717) is 11.6 Å². The predicted octanol–water partition coefficient (Wildman–Crippen LogP) is 3.87. The molecule has 0 spiro atoms. The first-order chi connectivity index (χ1) is 17.3. The molecule has 0 bridgehead atoms. The molecule has 1 aliphatic heterocycles. The minimum absolute atomic E-state index is 0.0376. The van der Waals surface area contributed by atoms with Gasteiger partial charge in [-0.05, 0) is 36.8 Å². The molecule has 36 heavy (non-hydrogen) atoms. The Morgan fingerprint density at radius 1 is 1.14 bits per heavy atom. The van der Waals surface area contributed by atoms with E-state index in [4.69, 9.17) is 0 Å². The number of hydrogen-bond donors (Lipinski definition) is 1. The Kier molecular flexibility index (Phi) is 6.40. The van der Waals surface area contributed by atoms with Crippen LogP contribution in [-0.2, 0) is 0 Å². The van der Waals surface area contributed by atoms with Crippen LogP contribution in [0.3, 0.4) is 0 Å². The minimum atomic E-state index is -0.513. The van der Waals surface area contributed by atoms with Crippen LogP contribution in [0.4, 0.5) is 4.39 Å². The Morgan fingerprint density at radius 3 is 2.44 bits per heavy atom. The number of alkyl halides is 1. The molecule has 2 atom stereocenters. The van der Waals surface area contributed by atoms with E-state index in [9.17, 15) is 18.8 Å². The normalized spacial score (nSPS) is 20.4.